The maximum atomic E-state index is 5.24. The number of unbranched alkanes of at least 4 members (excludes halogenated alkanes) is 1. The minimum atomic E-state index is 0.319. The fourth-order valence-corrected chi connectivity index (χ4v) is 2.70. The zero-order chi connectivity index (χ0) is 12.7. The number of methoxy groups -OCH3 is 1. The summed E-state index contributed by atoms with van der Waals surface area (Å²) in [7, 11) is 1.79. The van der Waals surface area contributed by atoms with Crippen molar-refractivity contribution >= 4 is 22.6 Å². The molecule has 0 saturated carbocycles. The van der Waals surface area contributed by atoms with Gasteiger partial charge in [0.15, 0.2) is 0 Å². The smallest absolute Gasteiger partial charge is 0.0513 e. The highest BCUT2D eigenvalue weighted by molar-refractivity contribution is 14.1. The molecule has 0 aliphatic carbocycles. The molecule has 0 unspecified atom stereocenters. The van der Waals surface area contributed by atoms with Crippen molar-refractivity contribution in [3.05, 3.63) is 33.4 Å². The van der Waals surface area contributed by atoms with Crippen LogP contribution in [0.5, 0.6) is 0 Å². The highest BCUT2D eigenvalue weighted by Gasteiger charge is 2.16. The zero-order valence-corrected chi connectivity index (χ0v) is 13.3. The minimum Gasteiger partial charge on any atom is -0.384 e. The molecule has 0 aliphatic rings. The molecule has 1 aromatic carbocycles. The number of aryl methyl sites for hydroxylation is 1. The average molecular weight is 346 g/mol. The van der Waals surface area contributed by atoms with Gasteiger partial charge in [0.05, 0.1) is 6.61 Å². The Morgan fingerprint density at radius 3 is 2.65 bits per heavy atom. The quantitative estimate of drug-likeness (QED) is 0.515. The Morgan fingerprint density at radius 2 is 2.00 bits per heavy atom. The highest BCUT2D eigenvalue weighted by Crippen LogP contribution is 2.24. The van der Waals surface area contributed by atoms with Crippen LogP contribution in [0.1, 0.15) is 38.7 Å². The molecule has 0 spiro atoms. The van der Waals surface area contributed by atoms with E-state index in [9.17, 15) is 0 Å². The van der Waals surface area contributed by atoms with E-state index in [1.165, 1.54) is 34.8 Å². The van der Waals surface area contributed by atoms with Gasteiger partial charge in [0.1, 0.15) is 0 Å². The van der Waals surface area contributed by atoms with Gasteiger partial charge >= 0.3 is 0 Å². The fourth-order valence-electron chi connectivity index (χ4n) is 2.09. The molecule has 96 valence electrons. The van der Waals surface area contributed by atoms with Gasteiger partial charge in [-0.15, -0.1) is 0 Å². The van der Waals surface area contributed by atoms with Crippen LogP contribution in [-0.4, -0.2) is 13.7 Å². The Balaban J connectivity index is 2.24. The van der Waals surface area contributed by atoms with Crippen molar-refractivity contribution in [2.45, 2.75) is 39.5 Å². The third kappa shape index (κ3) is 6.41. The van der Waals surface area contributed by atoms with E-state index in [2.05, 4.69) is 60.7 Å². The van der Waals surface area contributed by atoms with Gasteiger partial charge in [0.2, 0.25) is 0 Å². The molecule has 0 N–H and O–H groups in total. The number of rotatable bonds is 7. The van der Waals surface area contributed by atoms with E-state index < -0.39 is 0 Å². The number of ether oxygens (including phenoxy) is 1. The normalized spacial score (nSPS) is 11.8. The molecule has 0 amide bonds. The van der Waals surface area contributed by atoms with E-state index in [1.54, 1.807) is 7.11 Å². The summed E-state index contributed by atoms with van der Waals surface area (Å²) in [5, 5.41) is 0. The molecule has 0 heterocycles. The Kier molecular flexibility index (Phi) is 6.49. The fraction of sp³-hybridized carbons (Fsp3) is 0.600. The lowest BCUT2D eigenvalue weighted by Gasteiger charge is -2.23. The molecule has 0 atom stereocenters. The summed E-state index contributed by atoms with van der Waals surface area (Å²) in [5.74, 6) is 0. The SMILES string of the molecule is COCC(C)(C)CCCCc1cccc(I)c1. The first-order valence-corrected chi connectivity index (χ1v) is 7.35. The number of hydrogen-bond donors (Lipinski definition) is 0. The lowest BCUT2D eigenvalue weighted by Crippen LogP contribution is -2.18. The molecule has 17 heavy (non-hydrogen) atoms. The van der Waals surface area contributed by atoms with E-state index in [1.807, 2.05) is 0 Å². The predicted molar refractivity (Wildman–Crippen MR) is 82.4 cm³/mol. The largest absolute Gasteiger partial charge is 0.384 e. The number of hydrogen-bond acceptors (Lipinski definition) is 1. The van der Waals surface area contributed by atoms with Crippen LogP contribution >= 0.6 is 22.6 Å². The summed E-state index contributed by atoms with van der Waals surface area (Å²) in [4.78, 5) is 0. The van der Waals surface area contributed by atoms with Crippen molar-refractivity contribution in [2.75, 3.05) is 13.7 Å². The van der Waals surface area contributed by atoms with Crippen molar-refractivity contribution in [1.29, 1.82) is 0 Å². The van der Waals surface area contributed by atoms with Gasteiger partial charge in [-0.25, -0.2) is 0 Å². The zero-order valence-electron chi connectivity index (χ0n) is 11.1. The molecule has 0 aromatic heterocycles. The molecule has 0 bridgehead atoms. The Bertz CT molecular complexity index is 333. The molecular weight excluding hydrogens is 323 g/mol. The van der Waals surface area contributed by atoms with Crippen LogP contribution in [0.3, 0.4) is 0 Å². The van der Waals surface area contributed by atoms with Gasteiger partial charge in [-0.1, -0.05) is 32.4 Å². The second-order valence-corrected chi connectivity index (χ2v) is 6.68. The molecule has 0 radical (unpaired) electrons. The second-order valence-electron chi connectivity index (χ2n) is 5.43. The predicted octanol–water partition coefficient (Wildman–Crippen LogP) is 4.68. The van der Waals surface area contributed by atoms with Crippen LogP contribution in [0.2, 0.25) is 0 Å². The highest BCUT2D eigenvalue weighted by atomic mass is 127. The van der Waals surface area contributed by atoms with Gasteiger partial charge in [-0.3, -0.25) is 0 Å². The van der Waals surface area contributed by atoms with Crippen molar-refractivity contribution < 1.29 is 4.74 Å². The molecule has 1 rings (SSSR count). The molecule has 2 heteroatoms. The summed E-state index contributed by atoms with van der Waals surface area (Å²) < 4.78 is 6.57. The first-order chi connectivity index (χ1) is 8.03. The summed E-state index contributed by atoms with van der Waals surface area (Å²) in [6, 6.07) is 8.79. The van der Waals surface area contributed by atoms with Gasteiger partial charge in [0.25, 0.3) is 0 Å². The van der Waals surface area contributed by atoms with E-state index in [0.717, 1.165) is 6.61 Å². The van der Waals surface area contributed by atoms with Crippen molar-refractivity contribution in [3.63, 3.8) is 0 Å². The minimum absolute atomic E-state index is 0.319. The standard InChI is InChI=1S/C15H23IO/c1-15(2,12-17-3)10-5-4-7-13-8-6-9-14(16)11-13/h6,8-9,11H,4-5,7,10,12H2,1-3H3. The summed E-state index contributed by atoms with van der Waals surface area (Å²) in [5.41, 5.74) is 1.78. The van der Waals surface area contributed by atoms with Gasteiger partial charge in [0, 0.05) is 10.7 Å². The van der Waals surface area contributed by atoms with E-state index in [0.29, 0.717) is 5.41 Å². The molecule has 1 nitrogen and oxygen atoms in total. The lowest BCUT2D eigenvalue weighted by atomic mass is 9.87. The maximum Gasteiger partial charge on any atom is 0.0513 e. The van der Waals surface area contributed by atoms with Crippen molar-refractivity contribution in [3.8, 4) is 0 Å². The van der Waals surface area contributed by atoms with Crippen LogP contribution < -0.4 is 0 Å². The first-order valence-electron chi connectivity index (χ1n) is 6.27. The maximum absolute atomic E-state index is 5.24. The molecule has 0 aliphatic heterocycles. The third-order valence-electron chi connectivity index (χ3n) is 2.99. The van der Waals surface area contributed by atoms with Crippen LogP contribution in [-0.2, 0) is 11.2 Å². The summed E-state index contributed by atoms with van der Waals surface area (Å²) >= 11 is 2.37. The molecular formula is C15H23IO. The van der Waals surface area contributed by atoms with Gasteiger partial charge in [-0.05, 0) is 65.0 Å². The molecule has 0 fully saturated rings. The average Bonchev–Trinajstić information content (AvgIpc) is 2.24. The van der Waals surface area contributed by atoms with Gasteiger partial charge < -0.3 is 4.74 Å². The monoisotopic (exact) mass is 346 g/mol. The van der Waals surface area contributed by atoms with Crippen molar-refractivity contribution in [2.24, 2.45) is 5.41 Å². The Morgan fingerprint density at radius 1 is 1.24 bits per heavy atom. The topological polar surface area (TPSA) is 9.23 Å². The van der Waals surface area contributed by atoms with E-state index in [-0.39, 0.29) is 0 Å². The van der Waals surface area contributed by atoms with Crippen LogP contribution in [0.25, 0.3) is 0 Å². The van der Waals surface area contributed by atoms with Crippen LogP contribution in [0, 0.1) is 8.99 Å². The third-order valence-corrected chi connectivity index (χ3v) is 3.66. The summed E-state index contributed by atoms with van der Waals surface area (Å²) in [6.07, 6.45) is 4.99. The van der Waals surface area contributed by atoms with Gasteiger partial charge in [-0.2, -0.15) is 0 Å². The first kappa shape index (κ1) is 15.0. The lowest BCUT2D eigenvalue weighted by molar-refractivity contribution is 0.0963. The molecule has 1 aromatic rings. The Hall–Kier alpha value is -0.0900. The van der Waals surface area contributed by atoms with E-state index in [4.69, 9.17) is 4.74 Å². The van der Waals surface area contributed by atoms with E-state index >= 15 is 0 Å². The van der Waals surface area contributed by atoms with Crippen LogP contribution in [0.15, 0.2) is 24.3 Å². The van der Waals surface area contributed by atoms with Crippen LogP contribution in [0.4, 0.5) is 0 Å². The Labute approximate surface area is 119 Å². The number of benzene rings is 1. The number of halogens is 1. The second kappa shape index (κ2) is 7.37. The summed E-state index contributed by atoms with van der Waals surface area (Å²) in [6.45, 7) is 5.42. The van der Waals surface area contributed by atoms with Crippen molar-refractivity contribution in [1.82, 2.24) is 0 Å². The molecule has 0 saturated heterocycles.